The first-order valence-corrected chi connectivity index (χ1v) is 6.64. The summed E-state index contributed by atoms with van der Waals surface area (Å²) in [4.78, 5) is 15.9. The Bertz CT molecular complexity index is 559. The van der Waals surface area contributed by atoms with Crippen LogP contribution in [0.5, 0.6) is 0 Å². The van der Waals surface area contributed by atoms with E-state index in [4.69, 9.17) is 4.74 Å². The maximum atomic E-state index is 12.0. The van der Waals surface area contributed by atoms with Crippen LogP contribution in [0.2, 0.25) is 0 Å². The van der Waals surface area contributed by atoms with E-state index in [1.54, 1.807) is 23.1 Å². The van der Waals surface area contributed by atoms with Crippen LogP contribution in [0.4, 0.5) is 0 Å². The van der Waals surface area contributed by atoms with E-state index >= 15 is 0 Å². The highest BCUT2D eigenvalue weighted by atomic mass is 16.5. The molecule has 20 heavy (non-hydrogen) atoms. The molecule has 6 nitrogen and oxygen atoms in total. The molecule has 0 saturated carbocycles. The van der Waals surface area contributed by atoms with Crippen LogP contribution in [0.15, 0.2) is 36.9 Å². The largest absolute Gasteiger partial charge is 0.381 e. The third-order valence-corrected chi connectivity index (χ3v) is 3.39. The standard InChI is InChI=1S/C14H16N4O2/c19-14(16-7-11-5-6-20-8-11)12-1-3-13(4-2-12)18-10-15-9-17-18/h1-4,9-11H,5-8H2,(H,16,19)/t11-/m1/s1. The quantitative estimate of drug-likeness (QED) is 0.902. The molecule has 2 aromatic rings. The van der Waals surface area contributed by atoms with E-state index in [1.807, 2.05) is 12.1 Å². The molecule has 6 heteroatoms. The van der Waals surface area contributed by atoms with E-state index in [2.05, 4.69) is 15.4 Å². The van der Waals surface area contributed by atoms with Crippen LogP contribution in [0, 0.1) is 5.92 Å². The molecule has 2 heterocycles. The first kappa shape index (κ1) is 12.8. The first-order valence-electron chi connectivity index (χ1n) is 6.64. The SMILES string of the molecule is O=C(NC[C@H]1CCOC1)c1ccc(-n2cncn2)cc1. The first-order chi connectivity index (χ1) is 9.83. The molecule has 0 aliphatic carbocycles. The monoisotopic (exact) mass is 272 g/mol. The van der Waals surface area contributed by atoms with E-state index in [0.29, 0.717) is 18.0 Å². The number of ether oxygens (including phenoxy) is 1. The highest BCUT2D eigenvalue weighted by Gasteiger charge is 2.16. The van der Waals surface area contributed by atoms with Gasteiger partial charge >= 0.3 is 0 Å². The van der Waals surface area contributed by atoms with Crippen molar-refractivity contribution in [2.75, 3.05) is 19.8 Å². The fourth-order valence-corrected chi connectivity index (χ4v) is 2.19. The van der Waals surface area contributed by atoms with Crippen LogP contribution in [-0.2, 0) is 4.74 Å². The fourth-order valence-electron chi connectivity index (χ4n) is 2.19. The van der Waals surface area contributed by atoms with Crippen LogP contribution in [0.3, 0.4) is 0 Å². The summed E-state index contributed by atoms with van der Waals surface area (Å²) in [6.45, 7) is 2.21. The molecule has 1 saturated heterocycles. The lowest BCUT2D eigenvalue weighted by Crippen LogP contribution is -2.29. The van der Waals surface area contributed by atoms with Gasteiger partial charge in [-0.3, -0.25) is 4.79 Å². The average molecular weight is 272 g/mol. The van der Waals surface area contributed by atoms with Crippen LogP contribution in [-0.4, -0.2) is 40.4 Å². The number of carbonyl (C=O) groups excluding carboxylic acids is 1. The van der Waals surface area contributed by atoms with Gasteiger partial charge in [0, 0.05) is 24.6 Å². The Morgan fingerprint density at radius 1 is 1.40 bits per heavy atom. The minimum Gasteiger partial charge on any atom is -0.381 e. The van der Waals surface area contributed by atoms with Crippen molar-refractivity contribution < 1.29 is 9.53 Å². The molecule has 0 unspecified atom stereocenters. The zero-order valence-corrected chi connectivity index (χ0v) is 11.0. The summed E-state index contributed by atoms with van der Waals surface area (Å²) in [6, 6.07) is 7.28. The van der Waals surface area contributed by atoms with Crippen LogP contribution in [0.25, 0.3) is 5.69 Å². The minimum absolute atomic E-state index is 0.0537. The molecule has 1 aromatic heterocycles. The molecule has 1 N–H and O–H groups in total. The highest BCUT2D eigenvalue weighted by molar-refractivity contribution is 5.94. The van der Waals surface area contributed by atoms with Crippen molar-refractivity contribution in [2.45, 2.75) is 6.42 Å². The van der Waals surface area contributed by atoms with Gasteiger partial charge in [-0.25, -0.2) is 9.67 Å². The summed E-state index contributed by atoms with van der Waals surface area (Å²) < 4.78 is 6.94. The van der Waals surface area contributed by atoms with Crippen molar-refractivity contribution in [3.63, 3.8) is 0 Å². The Kier molecular flexibility index (Phi) is 3.73. The normalized spacial score (nSPS) is 18.1. The van der Waals surface area contributed by atoms with Crippen molar-refractivity contribution in [2.24, 2.45) is 5.92 Å². The number of amides is 1. The number of hydrogen-bond donors (Lipinski definition) is 1. The zero-order valence-electron chi connectivity index (χ0n) is 11.0. The molecule has 0 bridgehead atoms. The lowest BCUT2D eigenvalue weighted by molar-refractivity contribution is 0.0945. The summed E-state index contributed by atoms with van der Waals surface area (Å²) in [5.74, 6) is 0.385. The number of nitrogens with one attached hydrogen (secondary N) is 1. The second-order valence-corrected chi connectivity index (χ2v) is 4.83. The Balaban J connectivity index is 1.60. The van der Waals surface area contributed by atoms with Crippen molar-refractivity contribution in [1.82, 2.24) is 20.1 Å². The maximum Gasteiger partial charge on any atom is 0.251 e. The van der Waals surface area contributed by atoms with Gasteiger partial charge in [0.15, 0.2) is 0 Å². The molecule has 1 aromatic carbocycles. The van der Waals surface area contributed by atoms with E-state index in [1.165, 1.54) is 6.33 Å². The minimum atomic E-state index is -0.0537. The third kappa shape index (κ3) is 2.85. The number of hydrogen-bond acceptors (Lipinski definition) is 4. The van der Waals surface area contributed by atoms with Crippen LogP contribution in [0.1, 0.15) is 16.8 Å². The van der Waals surface area contributed by atoms with E-state index in [-0.39, 0.29) is 5.91 Å². The van der Waals surface area contributed by atoms with E-state index in [9.17, 15) is 4.79 Å². The zero-order chi connectivity index (χ0) is 13.8. The lowest BCUT2D eigenvalue weighted by Gasteiger charge is -2.09. The molecule has 1 atom stereocenters. The molecule has 0 radical (unpaired) electrons. The van der Waals surface area contributed by atoms with Crippen molar-refractivity contribution in [1.29, 1.82) is 0 Å². The number of nitrogens with zero attached hydrogens (tertiary/aromatic N) is 3. The maximum absolute atomic E-state index is 12.0. The lowest BCUT2D eigenvalue weighted by atomic mass is 10.1. The Labute approximate surface area is 116 Å². The smallest absolute Gasteiger partial charge is 0.251 e. The van der Waals surface area contributed by atoms with Crippen molar-refractivity contribution in [3.8, 4) is 5.69 Å². The van der Waals surface area contributed by atoms with Gasteiger partial charge in [0.25, 0.3) is 5.91 Å². The van der Waals surface area contributed by atoms with Crippen LogP contribution >= 0.6 is 0 Å². The van der Waals surface area contributed by atoms with Crippen molar-refractivity contribution in [3.05, 3.63) is 42.5 Å². The number of benzene rings is 1. The van der Waals surface area contributed by atoms with E-state index < -0.39 is 0 Å². The Morgan fingerprint density at radius 2 is 2.25 bits per heavy atom. The van der Waals surface area contributed by atoms with Crippen LogP contribution < -0.4 is 5.32 Å². The molecule has 1 amide bonds. The van der Waals surface area contributed by atoms with Gasteiger partial charge in [0.1, 0.15) is 12.7 Å². The molecular weight excluding hydrogens is 256 g/mol. The summed E-state index contributed by atoms with van der Waals surface area (Å²) in [7, 11) is 0. The van der Waals surface area contributed by atoms with Gasteiger partial charge in [-0.05, 0) is 30.7 Å². The number of carbonyl (C=O) groups is 1. The molecule has 0 spiro atoms. The number of rotatable bonds is 4. The van der Waals surface area contributed by atoms with Crippen molar-refractivity contribution >= 4 is 5.91 Å². The van der Waals surface area contributed by atoms with Gasteiger partial charge in [0.2, 0.25) is 0 Å². The van der Waals surface area contributed by atoms with Gasteiger partial charge in [-0.1, -0.05) is 0 Å². The molecule has 1 aliphatic rings. The Hall–Kier alpha value is -2.21. The predicted molar refractivity (Wildman–Crippen MR) is 72.6 cm³/mol. The Morgan fingerprint density at radius 3 is 2.90 bits per heavy atom. The second-order valence-electron chi connectivity index (χ2n) is 4.83. The topological polar surface area (TPSA) is 69.0 Å². The van der Waals surface area contributed by atoms with Gasteiger partial charge in [-0.2, -0.15) is 5.10 Å². The van der Waals surface area contributed by atoms with E-state index in [0.717, 1.165) is 25.3 Å². The van der Waals surface area contributed by atoms with Gasteiger partial charge in [0.05, 0.1) is 12.3 Å². The molecular formula is C14H16N4O2. The molecule has 104 valence electrons. The third-order valence-electron chi connectivity index (χ3n) is 3.39. The fraction of sp³-hybridized carbons (Fsp3) is 0.357. The van der Waals surface area contributed by atoms with Gasteiger partial charge in [-0.15, -0.1) is 0 Å². The average Bonchev–Trinajstić information content (AvgIpc) is 3.18. The summed E-state index contributed by atoms with van der Waals surface area (Å²) >= 11 is 0. The number of aromatic nitrogens is 3. The highest BCUT2D eigenvalue weighted by Crippen LogP contribution is 2.12. The summed E-state index contributed by atoms with van der Waals surface area (Å²) in [5.41, 5.74) is 1.52. The summed E-state index contributed by atoms with van der Waals surface area (Å²) in [5, 5.41) is 6.98. The molecule has 1 fully saturated rings. The molecule has 1 aliphatic heterocycles. The summed E-state index contributed by atoms with van der Waals surface area (Å²) in [6.07, 6.45) is 4.12. The molecule has 3 rings (SSSR count). The second kappa shape index (κ2) is 5.83. The van der Waals surface area contributed by atoms with Gasteiger partial charge < -0.3 is 10.1 Å². The predicted octanol–water partition coefficient (Wildman–Crippen LogP) is 1.03.